The first kappa shape index (κ1) is 16.6. The second-order valence-electron chi connectivity index (χ2n) is 5.01. The van der Waals surface area contributed by atoms with Gasteiger partial charge in [0, 0.05) is 26.9 Å². The molecule has 0 unspecified atom stereocenters. The Morgan fingerprint density at radius 2 is 2.00 bits per heavy atom. The Bertz CT molecular complexity index is 749. The zero-order valence-corrected chi connectivity index (χ0v) is 14.1. The molecule has 114 valence electrons. The van der Waals surface area contributed by atoms with Crippen LogP contribution in [0.4, 0.5) is 5.82 Å². The van der Waals surface area contributed by atoms with Gasteiger partial charge >= 0.3 is 0 Å². The van der Waals surface area contributed by atoms with Crippen LogP contribution in [0.25, 0.3) is 11.1 Å². The molecule has 1 aromatic heterocycles. The summed E-state index contributed by atoms with van der Waals surface area (Å²) in [6, 6.07) is 7.44. The maximum absolute atomic E-state index is 9.51. The van der Waals surface area contributed by atoms with Gasteiger partial charge in [-0.2, -0.15) is 5.26 Å². The smallest absolute Gasteiger partial charge is 0.142 e. The SMILES string of the molecule is CCCc1nc(N)c(C#N)c(-c2ccc(Cl)cc2Cl)c1CC. The Kier molecular flexibility index (Phi) is 5.28. The number of nitrogens with zero attached hydrogens (tertiary/aromatic N) is 2. The predicted octanol–water partition coefficient (Wildman–Crippen LogP) is 5.02. The summed E-state index contributed by atoms with van der Waals surface area (Å²) in [6.07, 6.45) is 2.53. The average Bonchev–Trinajstić information content (AvgIpc) is 2.47. The van der Waals surface area contributed by atoms with Crippen molar-refractivity contribution in [2.24, 2.45) is 0 Å². The van der Waals surface area contributed by atoms with Crippen molar-refractivity contribution in [1.82, 2.24) is 4.98 Å². The molecule has 0 fully saturated rings. The fourth-order valence-corrected chi connectivity index (χ4v) is 3.12. The predicted molar refractivity (Wildman–Crippen MR) is 92.2 cm³/mol. The third-order valence-corrected chi connectivity index (χ3v) is 4.11. The Balaban J connectivity index is 2.84. The highest BCUT2D eigenvalue weighted by Gasteiger charge is 2.20. The van der Waals surface area contributed by atoms with E-state index >= 15 is 0 Å². The van der Waals surface area contributed by atoms with Crippen LogP contribution >= 0.6 is 23.2 Å². The quantitative estimate of drug-likeness (QED) is 0.853. The first-order valence-electron chi connectivity index (χ1n) is 7.20. The standard InChI is InChI=1S/C17H17Cl2N3/c1-3-5-15-11(4-2)16(13(9-20)17(21)22-15)12-7-6-10(18)8-14(12)19/h6-8H,3-5H2,1-2H3,(H2,21,22). The molecule has 0 atom stereocenters. The molecule has 2 rings (SSSR count). The van der Waals surface area contributed by atoms with Crippen LogP contribution in [-0.4, -0.2) is 4.98 Å². The molecule has 22 heavy (non-hydrogen) atoms. The van der Waals surface area contributed by atoms with E-state index in [9.17, 15) is 5.26 Å². The molecule has 2 aromatic rings. The van der Waals surface area contributed by atoms with E-state index in [0.29, 0.717) is 15.6 Å². The second kappa shape index (κ2) is 7.00. The van der Waals surface area contributed by atoms with E-state index < -0.39 is 0 Å². The highest BCUT2D eigenvalue weighted by molar-refractivity contribution is 6.36. The van der Waals surface area contributed by atoms with Gasteiger partial charge in [0.2, 0.25) is 0 Å². The molecule has 0 spiro atoms. The minimum atomic E-state index is 0.254. The van der Waals surface area contributed by atoms with E-state index in [1.807, 2.05) is 13.0 Å². The van der Waals surface area contributed by atoms with E-state index in [1.165, 1.54) is 0 Å². The maximum atomic E-state index is 9.51. The van der Waals surface area contributed by atoms with Gasteiger partial charge in [-0.1, -0.05) is 49.5 Å². The Morgan fingerprint density at radius 1 is 1.27 bits per heavy atom. The number of nitrogen functional groups attached to an aromatic ring is 1. The lowest BCUT2D eigenvalue weighted by Crippen LogP contribution is -2.07. The molecule has 1 heterocycles. The van der Waals surface area contributed by atoms with Gasteiger partial charge in [-0.3, -0.25) is 0 Å². The summed E-state index contributed by atoms with van der Waals surface area (Å²) in [4.78, 5) is 4.42. The Morgan fingerprint density at radius 3 is 2.55 bits per heavy atom. The van der Waals surface area contributed by atoms with Crippen LogP contribution in [-0.2, 0) is 12.8 Å². The largest absolute Gasteiger partial charge is 0.383 e. The van der Waals surface area contributed by atoms with Crippen molar-refractivity contribution < 1.29 is 0 Å². The summed E-state index contributed by atoms with van der Waals surface area (Å²) in [5.41, 5.74) is 9.88. The average molecular weight is 334 g/mol. The molecule has 0 saturated heterocycles. The minimum Gasteiger partial charge on any atom is -0.383 e. The highest BCUT2D eigenvalue weighted by atomic mass is 35.5. The number of benzene rings is 1. The van der Waals surface area contributed by atoms with Gasteiger partial charge in [-0.25, -0.2) is 4.98 Å². The second-order valence-corrected chi connectivity index (χ2v) is 5.86. The molecular formula is C17H17Cl2N3. The maximum Gasteiger partial charge on any atom is 0.142 e. The monoisotopic (exact) mass is 333 g/mol. The Hall–Kier alpha value is -1.76. The molecule has 5 heteroatoms. The van der Waals surface area contributed by atoms with Crippen molar-refractivity contribution in [2.75, 3.05) is 5.73 Å². The van der Waals surface area contributed by atoms with Gasteiger partial charge in [0.05, 0.1) is 0 Å². The van der Waals surface area contributed by atoms with Crippen LogP contribution in [0.3, 0.4) is 0 Å². The van der Waals surface area contributed by atoms with Crippen LogP contribution in [0.5, 0.6) is 0 Å². The van der Waals surface area contributed by atoms with E-state index in [2.05, 4.69) is 18.0 Å². The van der Waals surface area contributed by atoms with Crippen molar-refractivity contribution in [3.8, 4) is 17.2 Å². The number of rotatable bonds is 4. The van der Waals surface area contributed by atoms with Gasteiger partial charge in [-0.05, 0) is 30.5 Å². The number of hydrogen-bond acceptors (Lipinski definition) is 3. The molecule has 3 nitrogen and oxygen atoms in total. The molecule has 0 bridgehead atoms. The first-order chi connectivity index (χ1) is 10.5. The summed E-state index contributed by atoms with van der Waals surface area (Å²) in [5, 5.41) is 10.6. The molecular weight excluding hydrogens is 317 g/mol. The van der Waals surface area contributed by atoms with Crippen molar-refractivity contribution in [2.45, 2.75) is 33.1 Å². The van der Waals surface area contributed by atoms with Crippen LogP contribution in [0.15, 0.2) is 18.2 Å². The zero-order valence-electron chi connectivity index (χ0n) is 12.6. The molecule has 0 aliphatic rings. The summed E-state index contributed by atoms with van der Waals surface area (Å²) >= 11 is 12.3. The minimum absolute atomic E-state index is 0.254. The number of pyridine rings is 1. The zero-order chi connectivity index (χ0) is 16.3. The molecule has 2 N–H and O–H groups in total. The summed E-state index contributed by atoms with van der Waals surface area (Å²) in [6.45, 7) is 4.13. The highest BCUT2D eigenvalue weighted by Crippen LogP contribution is 2.38. The van der Waals surface area contributed by atoms with Gasteiger partial charge < -0.3 is 5.73 Å². The van der Waals surface area contributed by atoms with E-state index in [0.717, 1.165) is 41.6 Å². The third kappa shape index (κ3) is 3.04. The van der Waals surface area contributed by atoms with Gasteiger partial charge in [-0.15, -0.1) is 0 Å². The molecule has 0 aliphatic heterocycles. The summed E-state index contributed by atoms with van der Waals surface area (Å²) < 4.78 is 0. The van der Waals surface area contributed by atoms with Crippen LogP contribution in [0.2, 0.25) is 10.0 Å². The number of anilines is 1. The van der Waals surface area contributed by atoms with Crippen LogP contribution in [0.1, 0.15) is 37.1 Å². The van der Waals surface area contributed by atoms with Crippen molar-refractivity contribution >= 4 is 29.0 Å². The number of nitrogens with two attached hydrogens (primary N) is 1. The number of aromatic nitrogens is 1. The van der Waals surface area contributed by atoms with E-state index in [4.69, 9.17) is 28.9 Å². The van der Waals surface area contributed by atoms with Crippen molar-refractivity contribution in [3.05, 3.63) is 45.1 Å². The molecule has 0 aliphatic carbocycles. The number of halogens is 2. The van der Waals surface area contributed by atoms with Crippen LogP contribution < -0.4 is 5.73 Å². The fourth-order valence-electron chi connectivity index (χ4n) is 2.62. The van der Waals surface area contributed by atoms with Crippen molar-refractivity contribution in [1.29, 1.82) is 5.26 Å². The molecule has 0 saturated carbocycles. The lowest BCUT2D eigenvalue weighted by Gasteiger charge is -2.17. The number of hydrogen-bond donors (Lipinski definition) is 1. The van der Waals surface area contributed by atoms with Crippen molar-refractivity contribution in [3.63, 3.8) is 0 Å². The summed E-state index contributed by atoms with van der Waals surface area (Å²) in [5.74, 6) is 0.254. The topological polar surface area (TPSA) is 62.7 Å². The van der Waals surface area contributed by atoms with E-state index in [1.54, 1.807) is 12.1 Å². The normalized spacial score (nSPS) is 10.5. The lowest BCUT2D eigenvalue weighted by atomic mass is 9.91. The van der Waals surface area contributed by atoms with Gasteiger partial charge in [0.25, 0.3) is 0 Å². The number of nitriles is 1. The molecule has 0 amide bonds. The van der Waals surface area contributed by atoms with Gasteiger partial charge in [0.15, 0.2) is 0 Å². The summed E-state index contributed by atoms with van der Waals surface area (Å²) in [7, 11) is 0. The van der Waals surface area contributed by atoms with Gasteiger partial charge in [0.1, 0.15) is 17.5 Å². The fraction of sp³-hybridized carbons (Fsp3) is 0.294. The lowest BCUT2D eigenvalue weighted by molar-refractivity contribution is 0.860. The van der Waals surface area contributed by atoms with Crippen LogP contribution in [0, 0.1) is 11.3 Å². The first-order valence-corrected chi connectivity index (χ1v) is 7.95. The van der Waals surface area contributed by atoms with E-state index in [-0.39, 0.29) is 5.82 Å². The number of aryl methyl sites for hydroxylation is 1. The third-order valence-electron chi connectivity index (χ3n) is 3.56. The molecule has 0 radical (unpaired) electrons. The Labute approximate surface area is 140 Å². The molecule has 1 aromatic carbocycles.